The summed E-state index contributed by atoms with van der Waals surface area (Å²) in [5.74, 6) is -0.609. The van der Waals surface area contributed by atoms with E-state index < -0.39 is 23.2 Å². The zero-order valence-electron chi connectivity index (χ0n) is 12.6. The van der Waals surface area contributed by atoms with E-state index in [2.05, 4.69) is 14.9 Å². The Hall–Kier alpha value is -2.03. The number of carbonyl (C=O) groups is 2. The van der Waals surface area contributed by atoms with Crippen molar-refractivity contribution in [2.75, 3.05) is 13.7 Å². The monoisotopic (exact) mass is 282 g/mol. The molecule has 1 N–H and O–H groups in total. The molecule has 0 fully saturated rings. The third kappa shape index (κ3) is 6.78. The van der Waals surface area contributed by atoms with E-state index >= 15 is 0 Å². The fourth-order valence-electron chi connectivity index (χ4n) is 1.35. The van der Waals surface area contributed by atoms with Crippen molar-refractivity contribution >= 4 is 12.1 Å². The van der Waals surface area contributed by atoms with Crippen LogP contribution in [0.5, 0.6) is 0 Å². The molecule has 0 heterocycles. The smallest absolute Gasteiger partial charge is 0.408 e. The minimum atomic E-state index is -1.32. The van der Waals surface area contributed by atoms with Gasteiger partial charge in [0.15, 0.2) is 5.54 Å². The molecule has 1 amide bonds. The standard InChI is InChI=1S/C14H22N2O4/c1-13(2,3)20-12(18)16-14(4,11(17)19-6)9-7-8-10-15-5/h7,9H,8,10H2,1-4,6H3,(H,16,18)/b9-7+. The summed E-state index contributed by atoms with van der Waals surface area (Å²) >= 11 is 0. The highest BCUT2D eigenvalue weighted by Crippen LogP contribution is 2.13. The van der Waals surface area contributed by atoms with E-state index in [9.17, 15) is 9.59 Å². The third-order valence-corrected chi connectivity index (χ3v) is 2.23. The minimum absolute atomic E-state index is 0.320. The van der Waals surface area contributed by atoms with E-state index in [1.54, 1.807) is 26.8 Å². The average molecular weight is 282 g/mol. The molecule has 0 aliphatic carbocycles. The fourth-order valence-corrected chi connectivity index (χ4v) is 1.35. The number of esters is 1. The number of carbonyl (C=O) groups excluding carboxylic acids is 2. The molecule has 0 radical (unpaired) electrons. The van der Waals surface area contributed by atoms with Crippen LogP contribution in [0.4, 0.5) is 4.79 Å². The number of hydrogen-bond donors (Lipinski definition) is 1. The van der Waals surface area contributed by atoms with E-state index in [0.29, 0.717) is 13.0 Å². The average Bonchev–Trinajstić information content (AvgIpc) is 2.31. The summed E-state index contributed by atoms with van der Waals surface area (Å²) in [5, 5.41) is 2.48. The van der Waals surface area contributed by atoms with Crippen LogP contribution >= 0.6 is 0 Å². The van der Waals surface area contributed by atoms with E-state index in [-0.39, 0.29) is 0 Å². The van der Waals surface area contributed by atoms with Crippen molar-refractivity contribution in [1.82, 2.24) is 5.32 Å². The van der Waals surface area contributed by atoms with Crippen LogP contribution in [-0.4, -0.2) is 36.9 Å². The SMILES string of the molecule is [C-]#[N+]CC/C=C/C(C)(NC(=O)OC(C)(C)C)C(=O)OC. The molecular weight excluding hydrogens is 260 g/mol. The Morgan fingerprint density at radius 2 is 1.90 bits per heavy atom. The Balaban J connectivity index is 4.88. The van der Waals surface area contributed by atoms with E-state index in [1.807, 2.05) is 0 Å². The van der Waals surface area contributed by atoms with Crippen LogP contribution in [0.3, 0.4) is 0 Å². The highest BCUT2D eigenvalue weighted by molar-refractivity contribution is 5.87. The maximum Gasteiger partial charge on any atom is 0.408 e. The molecule has 0 spiro atoms. The zero-order valence-corrected chi connectivity index (χ0v) is 12.6. The summed E-state index contributed by atoms with van der Waals surface area (Å²) in [6.07, 6.45) is 2.95. The van der Waals surface area contributed by atoms with Crippen molar-refractivity contribution in [3.05, 3.63) is 23.6 Å². The highest BCUT2D eigenvalue weighted by Gasteiger charge is 2.35. The van der Waals surface area contributed by atoms with Gasteiger partial charge in [-0.3, -0.25) is 0 Å². The molecule has 0 aromatic carbocycles. The van der Waals surface area contributed by atoms with Gasteiger partial charge in [0.25, 0.3) is 0 Å². The van der Waals surface area contributed by atoms with Gasteiger partial charge in [0.1, 0.15) is 5.60 Å². The van der Waals surface area contributed by atoms with Gasteiger partial charge in [0.05, 0.1) is 7.11 Å². The number of rotatable bonds is 5. The Kier molecular flexibility index (Phi) is 6.77. The zero-order chi connectivity index (χ0) is 15.8. The number of alkyl carbamates (subject to hydrolysis) is 1. The lowest BCUT2D eigenvalue weighted by Crippen LogP contribution is -2.52. The van der Waals surface area contributed by atoms with Crippen LogP contribution in [0.2, 0.25) is 0 Å². The number of hydrogen-bond acceptors (Lipinski definition) is 4. The molecule has 0 aromatic rings. The number of amides is 1. The highest BCUT2D eigenvalue weighted by atomic mass is 16.6. The molecule has 1 atom stereocenters. The summed E-state index contributed by atoms with van der Waals surface area (Å²) < 4.78 is 9.80. The lowest BCUT2D eigenvalue weighted by molar-refractivity contribution is -0.145. The molecule has 6 heteroatoms. The Labute approximate surface area is 119 Å². The molecule has 20 heavy (non-hydrogen) atoms. The number of methoxy groups -OCH3 is 1. The van der Waals surface area contributed by atoms with Crippen molar-refractivity contribution in [1.29, 1.82) is 0 Å². The predicted octanol–water partition coefficient (Wildman–Crippen LogP) is 2.31. The van der Waals surface area contributed by atoms with E-state index in [1.165, 1.54) is 20.1 Å². The molecular formula is C14H22N2O4. The van der Waals surface area contributed by atoms with Gasteiger partial charge in [0, 0.05) is 6.42 Å². The van der Waals surface area contributed by atoms with Gasteiger partial charge in [-0.15, -0.1) is 0 Å². The summed E-state index contributed by atoms with van der Waals surface area (Å²) in [6.45, 7) is 13.7. The fraction of sp³-hybridized carbons (Fsp3) is 0.643. The van der Waals surface area contributed by atoms with Crippen molar-refractivity contribution in [3.63, 3.8) is 0 Å². The van der Waals surface area contributed by atoms with Crippen molar-refractivity contribution in [3.8, 4) is 0 Å². The van der Waals surface area contributed by atoms with Crippen molar-refractivity contribution in [2.45, 2.75) is 45.3 Å². The molecule has 0 rings (SSSR count). The molecule has 0 saturated carbocycles. The Bertz CT molecular complexity index is 418. The van der Waals surface area contributed by atoms with Gasteiger partial charge < -0.3 is 19.6 Å². The first kappa shape index (κ1) is 18.0. The maximum atomic E-state index is 11.8. The van der Waals surface area contributed by atoms with Gasteiger partial charge in [0.2, 0.25) is 6.54 Å². The van der Waals surface area contributed by atoms with Gasteiger partial charge >= 0.3 is 12.1 Å². The largest absolute Gasteiger partial charge is 0.467 e. The normalized spacial score (nSPS) is 14.2. The lowest BCUT2D eigenvalue weighted by atomic mass is 10.0. The van der Waals surface area contributed by atoms with E-state index in [4.69, 9.17) is 11.3 Å². The van der Waals surface area contributed by atoms with Crippen LogP contribution in [0.25, 0.3) is 4.85 Å². The van der Waals surface area contributed by atoms with E-state index in [0.717, 1.165) is 0 Å². The van der Waals surface area contributed by atoms with Crippen molar-refractivity contribution < 1.29 is 19.1 Å². The number of ether oxygens (including phenoxy) is 2. The first-order chi connectivity index (χ1) is 9.14. The number of nitrogens with zero attached hydrogens (tertiary/aromatic N) is 1. The molecule has 112 valence electrons. The molecule has 0 bridgehead atoms. The van der Waals surface area contributed by atoms with Gasteiger partial charge in [-0.25, -0.2) is 16.2 Å². The molecule has 0 aliphatic heterocycles. The molecule has 0 aromatic heterocycles. The lowest BCUT2D eigenvalue weighted by Gasteiger charge is -2.27. The van der Waals surface area contributed by atoms with Crippen LogP contribution < -0.4 is 5.32 Å². The predicted molar refractivity (Wildman–Crippen MR) is 75.0 cm³/mol. The topological polar surface area (TPSA) is 69.0 Å². The maximum absolute atomic E-state index is 11.8. The van der Waals surface area contributed by atoms with Gasteiger partial charge in [-0.1, -0.05) is 12.2 Å². The summed E-state index contributed by atoms with van der Waals surface area (Å²) in [6, 6.07) is 0. The second kappa shape index (κ2) is 7.53. The second-order valence-electron chi connectivity index (χ2n) is 5.39. The quantitative estimate of drug-likeness (QED) is 0.363. The molecule has 6 nitrogen and oxygen atoms in total. The first-order valence-corrected chi connectivity index (χ1v) is 6.25. The Morgan fingerprint density at radius 1 is 1.30 bits per heavy atom. The number of nitrogens with one attached hydrogen (secondary N) is 1. The first-order valence-electron chi connectivity index (χ1n) is 6.25. The molecule has 0 aliphatic rings. The van der Waals surface area contributed by atoms with Gasteiger partial charge in [-0.05, 0) is 27.7 Å². The molecule has 0 saturated heterocycles. The van der Waals surface area contributed by atoms with Crippen LogP contribution in [0.1, 0.15) is 34.1 Å². The molecule has 1 unspecified atom stereocenters. The summed E-state index contributed by atoms with van der Waals surface area (Å²) in [4.78, 5) is 26.8. The Morgan fingerprint density at radius 3 is 2.35 bits per heavy atom. The van der Waals surface area contributed by atoms with Gasteiger partial charge in [-0.2, -0.15) is 0 Å². The summed E-state index contributed by atoms with van der Waals surface area (Å²) in [5.41, 5.74) is -1.98. The third-order valence-electron chi connectivity index (χ3n) is 2.23. The van der Waals surface area contributed by atoms with Crippen LogP contribution in [0, 0.1) is 6.57 Å². The van der Waals surface area contributed by atoms with Crippen LogP contribution in [-0.2, 0) is 14.3 Å². The second-order valence-corrected chi connectivity index (χ2v) is 5.39. The van der Waals surface area contributed by atoms with Crippen LogP contribution in [0.15, 0.2) is 12.2 Å². The summed E-state index contributed by atoms with van der Waals surface area (Å²) in [7, 11) is 1.24. The van der Waals surface area contributed by atoms with Crippen molar-refractivity contribution in [2.24, 2.45) is 0 Å². The minimum Gasteiger partial charge on any atom is -0.467 e.